The van der Waals surface area contributed by atoms with Crippen molar-refractivity contribution >= 4 is 57.5 Å². The van der Waals surface area contributed by atoms with Crippen molar-refractivity contribution in [2.45, 2.75) is 33.2 Å². The van der Waals surface area contributed by atoms with Gasteiger partial charge in [0.2, 0.25) is 5.91 Å². The highest BCUT2D eigenvalue weighted by atomic mass is 127. The van der Waals surface area contributed by atoms with E-state index in [0.717, 1.165) is 36.5 Å². The average Bonchev–Trinajstić information content (AvgIpc) is 3.01. The number of carbonyl (C=O) groups excluding carboxylic acids is 1. The Hall–Kier alpha value is -1.03. The van der Waals surface area contributed by atoms with Gasteiger partial charge in [-0.25, -0.2) is 0 Å². The summed E-state index contributed by atoms with van der Waals surface area (Å²) in [5, 5.41) is 6.72. The molecular weight excluding hydrogens is 509 g/mol. The molecule has 1 fully saturated rings. The first-order valence-electron chi connectivity index (χ1n) is 8.67. The quantitative estimate of drug-likeness (QED) is 0.296. The van der Waals surface area contributed by atoms with E-state index in [0.29, 0.717) is 12.6 Å². The molecule has 1 amide bonds. The second kappa shape index (κ2) is 10.3. The van der Waals surface area contributed by atoms with Gasteiger partial charge >= 0.3 is 0 Å². The van der Waals surface area contributed by atoms with Gasteiger partial charge in [0.1, 0.15) is 0 Å². The summed E-state index contributed by atoms with van der Waals surface area (Å²) in [4.78, 5) is 18.4. The Morgan fingerprint density at radius 3 is 2.73 bits per heavy atom. The highest BCUT2D eigenvalue weighted by Crippen LogP contribution is 2.28. The lowest BCUT2D eigenvalue weighted by Crippen LogP contribution is -2.45. The highest BCUT2D eigenvalue weighted by Gasteiger charge is 2.26. The number of amides is 1. The molecule has 1 atom stereocenters. The summed E-state index contributed by atoms with van der Waals surface area (Å²) in [6.45, 7) is 8.68. The van der Waals surface area contributed by atoms with Crippen molar-refractivity contribution in [2.24, 2.45) is 16.1 Å². The number of nitrogens with two attached hydrogens (primary N) is 1. The van der Waals surface area contributed by atoms with E-state index in [1.807, 2.05) is 26.8 Å². The van der Waals surface area contributed by atoms with Crippen LogP contribution in [-0.2, 0) is 4.79 Å². The van der Waals surface area contributed by atoms with Crippen LogP contribution in [0.15, 0.2) is 33.7 Å². The summed E-state index contributed by atoms with van der Waals surface area (Å²) < 4.78 is 1.11. The smallest absolute Gasteiger partial charge is 0.224 e. The van der Waals surface area contributed by atoms with E-state index < -0.39 is 5.41 Å². The van der Waals surface area contributed by atoms with Gasteiger partial charge < -0.3 is 21.3 Å². The van der Waals surface area contributed by atoms with Crippen molar-refractivity contribution in [2.75, 3.05) is 31.1 Å². The zero-order valence-corrected chi connectivity index (χ0v) is 19.5. The number of hydrogen-bond acceptors (Lipinski definition) is 3. The summed E-state index contributed by atoms with van der Waals surface area (Å²) in [6, 6.07) is 8.57. The van der Waals surface area contributed by atoms with Crippen LogP contribution >= 0.6 is 39.9 Å². The predicted octanol–water partition coefficient (Wildman–Crippen LogP) is 2.71. The van der Waals surface area contributed by atoms with Gasteiger partial charge in [-0.3, -0.25) is 9.79 Å². The lowest BCUT2D eigenvalue weighted by molar-refractivity contribution is -0.125. The first-order valence-corrected chi connectivity index (χ1v) is 9.47. The van der Waals surface area contributed by atoms with Crippen LogP contribution in [0.2, 0.25) is 0 Å². The van der Waals surface area contributed by atoms with Gasteiger partial charge in [0, 0.05) is 30.1 Å². The molecule has 1 heterocycles. The zero-order chi connectivity index (χ0) is 18.4. The number of para-hydroxylation sites is 1. The van der Waals surface area contributed by atoms with E-state index in [4.69, 9.17) is 5.73 Å². The molecule has 0 radical (unpaired) electrons. The van der Waals surface area contributed by atoms with Gasteiger partial charge in [-0.15, -0.1) is 24.0 Å². The van der Waals surface area contributed by atoms with Crippen LogP contribution in [0.4, 0.5) is 5.69 Å². The average molecular weight is 538 g/mol. The second-order valence-corrected chi connectivity index (χ2v) is 7.82. The highest BCUT2D eigenvalue weighted by molar-refractivity contribution is 14.0. The van der Waals surface area contributed by atoms with E-state index in [1.165, 1.54) is 5.69 Å². The zero-order valence-electron chi connectivity index (χ0n) is 15.6. The minimum absolute atomic E-state index is 0. The summed E-state index contributed by atoms with van der Waals surface area (Å²) in [5.74, 6) is 0.392. The number of benzene rings is 1. The van der Waals surface area contributed by atoms with Crippen LogP contribution in [0.3, 0.4) is 0 Å². The van der Waals surface area contributed by atoms with Crippen molar-refractivity contribution in [1.29, 1.82) is 0 Å². The number of nitrogens with zero attached hydrogens (tertiary/aromatic N) is 2. The van der Waals surface area contributed by atoms with Crippen LogP contribution < -0.4 is 21.3 Å². The van der Waals surface area contributed by atoms with Crippen molar-refractivity contribution in [3.8, 4) is 0 Å². The van der Waals surface area contributed by atoms with Crippen LogP contribution in [0.1, 0.15) is 27.2 Å². The molecule has 26 heavy (non-hydrogen) atoms. The molecule has 1 aliphatic rings. The van der Waals surface area contributed by atoms with Crippen molar-refractivity contribution < 1.29 is 4.79 Å². The molecule has 0 spiro atoms. The number of hydrogen-bond donors (Lipinski definition) is 3. The van der Waals surface area contributed by atoms with E-state index >= 15 is 0 Å². The predicted molar refractivity (Wildman–Crippen MR) is 122 cm³/mol. The molecule has 1 aromatic rings. The fraction of sp³-hybridized carbons (Fsp3) is 0.556. The van der Waals surface area contributed by atoms with Crippen molar-refractivity contribution in [3.63, 3.8) is 0 Å². The maximum atomic E-state index is 11.5. The molecule has 1 aromatic carbocycles. The number of halogens is 2. The van der Waals surface area contributed by atoms with Crippen LogP contribution in [0, 0.1) is 5.41 Å². The maximum absolute atomic E-state index is 11.5. The number of nitrogens with one attached hydrogen (secondary N) is 2. The normalized spacial score (nSPS) is 17.6. The number of primary amides is 1. The van der Waals surface area contributed by atoms with Crippen molar-refractivity contribution in [1.82, 2.24) is 10.6 Å². The summed E-state index contributed by atoms with van der Waals surface area (Å²) >= 11 is 3.62. The monoisotopic (exact) mass is 537 g/mol. The summed E-state index contributed by atoms with van der Waals surface area (Å²) in [7, 11) is 0. The van der Waals surface area contributed by atoms with Gasteiger partial charge in [0.25, 0.3) is 0 Å². The van der Waals surface area contributed by atoms with Crippen LogP contribution in [-0.4, -0.2) is 44.1 Å². The van der Waals surface area contributed by atoms with E-state index in [-0.39, 0.29) is 29.9 Å². The third-order valence-corrected chi connectivity index (χ3v) is 5.04. The topological polar surface area (TPSA) is 82.7 Å². The number of guanidine groups is 1. The van der Waals surface area contributed by atoms with E-state index in [9.17, 15) is 4.79 Å². The van der Waals surface area contributed by atoms with Gasteiger partial charge in [-0.05, 0) is 55.3 Å². The Bertz CT molecular complexity index is 638. The largest absolute Gasteiger partial charge is 0.369 e. The fourth-order valence-electron chi connectivity index (χ4n) is 2.67. The maximum Gasteiger partial charge on any atom is 0.224 e. The number of rotatable bonds is 6. The number of anilines is 1. The number of aliphatic imine (C=N–C) groups is 1. The SMILES string of the molecule is CCNC(=NCC(C)(C)C(N)=O)NC1CCN(c2ccccc2Br)C1.I. The van der Waals surface area contributed by atoms with Crippen molar-refractivity contribution in [3.05, 3.63) is 28.7 Å². The van der Waals surface area contributed by atoms with E-state index in [2.05, 4.69) is 54.7 Å². The molecule has 0 saturated carbocycles. The minimum atomic E-state index is -0.654. The van der Waals surface area contributed by atoms with E-state index in [1.54, 1.807) is 0 Å². The molecule has 1 saturated heterocycles. The first-order chi connectivity index (χ1) is 11.8. The first kappa shape index (κ1) is 23.0. The Kier molecular flexibility index (Phi) is 9.15. The van der Waals surface area contributed by atoms with Gasteiger partial charge in [0.15, 0.2) is 5.96 Å². The molecule has 8 heteroatoms. The van der Waals surface area contributed by atoms with Crippen LogP contribution in [0.5, 0.6) is 0 Å². The standard InChI is InChI=1S/C18H28BrN5O.HI/c1-4-21-17(22-12-18(2,3)16(20)25)23-13-9-10-24(11-13)15-8-6-5-7-14(15)19;/h5-8,13H,4,9-12H2,1-3H3,(H2,20,25)(H2,21,22,23);1H. The second-order valence-electron chi connectivity index (χ2n) is 6.97. The number of carbonyl (C=O) groups is 1. The lowest BCUT2D eigenvalue weighted by Gasteiger charge is -2.22. The molecule has 4 N–H and O–H groups in total. The molecule has 0 aliphatic carbocycles. The molecule has 0 bridgehead atoms. The molecule has 0 aromatic heterocycles. The molecular formula is C18H29BrIN5O. The molecule has 2 rings (SSSR count). The Labute approximate surface area is 181 Å². The fourth-order valence-corrected chi connectivity index (χ4v) is 3.21. The molecule has 6 nitrogen and oxygen atoms in total. The third-order valence-electron chi connectivity index (χ3n) is 4.37. The summed E-state index contributed by atoms with van der Waals surface area (Å²) in [5.41, 5.74) is 5.99. The third kappa shape index (κ3) is 6.29. The van der Waals surface area contributed by atoms with Gasteiger partial charge in [0.05, 0.1) is 17.6 Å². The molecule has 1 aliphatic heterocycles. The minimum Gasteiger partial charge on any atom is -0.369 e. The molecule has 1 unspecified atom stereocenters. The Morgan fingerprint density at radius 2 is 2.12 bits per heavy atom. The Morgan fingerprint density at radius 1 is 1.42 bits per heavy atom. The van der Waals surface area contributed by atoms with Crippen LogP contribution in [0.25, 0.3) is 0 Å². The van der Waals surface area contributed by atoms with Gasteiger partial charge in [-0.1, -0.05) is 12.1 Å². The summed E-state index contributed by atoms with van der Waals surface area (Å²) in [6.07, 6.45) is 1.03. The Balaban J connectivity index is 0.00000338. The lowest BCUT2D eigenvalue weighted by atomic mass is 9.93. The van der Waals surface area contributed by atoms with Gasteiger partial charge in [-0.2, -0.15) is 0 Å². The molecule has 146 valence electrons.